The summed E-state index contributed by atoms with van der Waals surface area (Å²) in [5.74, 6) is 1.59. The monoisotopic (exact) mass is 373 g/mol. The van der Waals surface area contributed by atoms with Crippen LogP contribution in [0, 0.1) is 0 Å². The third-order valence-corrected chi connectivity index (χ3v) is 4.47. The Kier molecular flexibility index (Phi) is 5.72. The van der Waals surface area contributed by atoms with Crippen LogP contribution in [0.2, 0.25) is 0 Å². The van der Waals surface area contributed by atoms with Gasteiger partial charge in [0, 0.05) is 18.8 Å². The van der Waals surface area contributed by atoms with E-state index >= 15 is 0 Å². The molecule has 0 spiro atoms. The van der Waals surface area contributed by atoms with Gasteiger partial charge in [-0.3, -0.25) is 0 Å². The van der Waals surface area contributed by atoms with E-state index in [-0.39, 0.29) is 0 Å². The van der Waals surface area contributed by atoms with E-state index in [9.17, 15) is 0 Å². The second-order valence-electron chi connectivity index (χ2n) is 6.60. The Morgan fingerprint density at radius 1 is 0.786 bits per heavy atom. The number of aromatic nitrogens is 3. The van der Waals surface area contributed by atoms with E-state index in [1.54, 1.807) is 6.21 Å². The predicted octanol–water partition coefficient (Wildman–Crippen LogP) is 4.05. The second-order valence-corrected chi connectivity index (χ2v) is 6.60. The Labute approximate surface area is 164 Å². The Morgan fingerprint density at radius 3 is 2.21 bits per heavy atom. The molecule has 0 unspecified atom stereocenters. The van der Waals surface area contributed by atoms with E-state index in [0.717, 1.165) is 37.2 Å². The molecule has 3 aromatic rings. The fourth-order valence-corrected chi connectivity index (χ4v) is 3.06. The molecule has 1 fully saturated rings. The molecule has 0 atom stereocenters. The Bertz CT molecular complexity index is 907. The number of nitrogens with zero attached hydrogens (tertiary/aromatic N) is 5. The van der Waals surface area contributed by atoms with Crippen LogP contribution in [0.5, 0.6) is 0 Å². The normalized spacial score (nSPS) is 14.2. The smallest absolute Gasteiger partial charge is 0.250 e. The lowest BCUT2D eigenvalue weighted by molar-refractivity contribution is 0.568. The Hall–Kier alpha value is -3.48. The minimum Gasteiger partial charge on any atom is -0.341 e. The van der Waals surface area contributed by atoms with Gasteiger partial charge in [0.1, 0.15) is 0 Å². The van der Waals surface area contributed by atoms with Crippen molar-refractivity contribution in [3.63, 3.8) is 0 Å². The molecule has 28 heavy (non-hydrogen) atoms. The standard InChI is InChI=1S/C21H23N7/c1-4-10-17(11-5-1)16-22-27-20-24-19(23-18-12-6-2-7-13-18)25-21(26-20)28-14-8-3-9-15-28/h1-2,4-7,10-13,16H,3,8-9,14-15H2,(H2,23,24,25,26,27). The van der Waals surface area contributed by atoms with Crippen molar-refractivity contribution in [1.82, 2.24) is 15.0 Å². The molecule has 0 aliphatic carbocycles. The minimum absolute atomic E-state index is 0.418. The summed E-state index contributed by atoms with van der Waals surface area (Å²) >= 11 is 0. The average molecular weight is 373 g/mol. The van der Waals surface area contributed by atoms with Gasteiger partial charge in [0.05, 0.1) is 6.21 Å². The third-order valence-electron chi connectivity index (χ3n) is 4.47. The molecule has 7 heteroatoms. The fraction of sp³-hybridized carbons (Fsp3) is 0.238. The number of nitrogens with one attached hydrogen (secondary N) is 2. The first-order chi connectivity index (χ1) is 13.9. The Balaban J connectivity index is 1.56. The third kappa shape index (κ3) is 4.82. The number of rotatable bonds is 6. The highest BCUT2D eigenvalue weighted by Gasteiger charge is 2.16. The van der Waals surface area contributed by atoms with E-state index in [1.807, 2.05) is 60.7 Å². The minimum atomic E-state index is 0.418. The van der Waals surface area contributed by atoms with E-state index in [1.165, 1.54) is 6.42 Å². The van der Waals surface area contributed by atoms with Crippen LogP contribution in [0.15, 0.2) is 65.8 Å². The molecule has 1 aliphatic heterocycles. The van der Waals surface area contributed by atoms with Crippen molar-refractivity contribution in [1.29, 1.82) is 0 Å². The van der Waals surface area contributed by atoms with Crippen molar-refractivity contribution in [3.05, 3.63) is 66.2 Å². The Morgan fingerprint density at radius 2 is 1.46 bits per heavy atom. The first-order valence-corrected chi connectivity index (χ1v) is 9.54. The molecule has 0 radical (unpaired) electrons. The van der Waals surface area contributed by atoms with Crippen molar-refractivity contribution >= 4 is 29.7 Å². The lowest BCUT2D eigenvalue weighted by atomic mass is 10.1. The highest BCUT2D eigenvalue weighted by molar-refractivity contribution is 5.79. The van der Waals surface area contributed by atoms with Crippen LogP contribution in [-0.2, 0) is 0 Å². The molecule has 0 bridgehead atoms. The first-order valence-electron chi connectivity index (χ1n) is 9.54. The maximum Gasteiger partial charge on any atom is 0.250 e. The number of hydrazone groups is 1. The van der Waals surface area contributed by atoms with E-state index < -0.39 is 0 Å². The van der Waals surface area contributed by atoms with Gasteiger partial charge in [-0.15, -0.1) is 0 Å². The topological polar surface area (TPSA) is 78.3 Å². The van der Waals surface area contributed by atoms with Crippen molar-refractivity contribution in [2.75, 3.05) is 28.7 Å². The van der Waals surface area contributed by atoms with Crippen LogP contribution in [0.4, 0.5) is 23.5 Å². The number of benzene rings is 2. The van der Waals surface area contributed by atoms with Crippen LogP contribution in [0.3, 0.4) is 0 Å². The zero-order chi connectivity index (χ0) is 19.0. The summed E-state index contributed by atoms with van der Waals surface area (Å²) in [7, 11) is 0. The highest BCUT2D eigenvalue weighted by atomic mass is 15.4. The molecule has 142 valence electrons. The molecule has 1 aromatic heterocycles. The van der Waals surface area contributed by atoms with Crippen LogP contribution in [0.1, 0.15) is 24.8 Å². The molecule has 7 nitrogen and oxygen atoms in total. The highest BCUT2D eigenvalue weighted by Crippen LogP contribution is 2.20. The van der Waals surface area contributed by atoms with E-state index in [2.05, 4.69) is 35.7 Å². The predicted molar refractivity (Wildman–Crippen MR) is 113 cm³/mol. The summed E-state index contributed by atoms with van der Waals surface area (Å²) in [5.41, 5.74) is 4.87. The summed E-state index contributed by atoms with van der Waals surface area (Å²) in [6.45, 7) is 1.92. The van der Waals surface area contributed by atoms with Gasteiger partial charge in [-0.1, -0.05) is 48.5 Å². The van der Waals surface area contributed by atoms with E-state index in [0.29, 0.717) is 17.8 Å². The molecule has 2 aromatic carbocycles. The molecule has 1 saturated heterocycles. The maximum absolute atomic E-state index is 4.62. The number of hydrogen-bond donors (Lipinski definition) is 2. The van der Waals surface area contributed by atoms with Crippen molar-refractivity contribution in [2.45, 2.75) is 19.3 Å². The van der Waals surface area contributed by atoms with Gasteiger partial charge in [0.2, 0.25) is 17.8 Å². The molecule has 2 heterocycles. The summed E-state index contributed by atoms with van der Waals surface area (Å²) in [5, 5.41) is 7.52. The maximum atomic E-state index is 4.62. The summed E-state index contributed by atoms with van der Waals surface area (Å²) in [6.07, 6.45) is 5.31. The van der Waals surface area contributed by atoms with Crippen LogP contribution < -0.4 is 15.6 Å². The van der Waals surface area contributed by atoms with Crippen LogP contribution in [-0.4, -0.2) is 34.3 Å². The lowest BCUT2D eigenvalue weighted by Gasteiger charge is -2.26. The van der Waals surface area contributed by atoms with Gasteiger partial charge in [0.25, 0.3) is 0 Å². The summed E-state index contributed by atoms with van der Waals surface area (Å²) < 4.78 is 0. The van der Waals surface area contributed by atoms with Crippen LogP contribution in [0.25, 0.3) is 0 Å². The molecule has 0 amide bonds. The molecular formula is C21H23N7. The van der Waals surface area contributed by atoms with Gasteiger partial charge in [-0.2, -0.15) is 20.1 Å². The summed E-state index contributed by atoms with van der Waals surface area (Å²) in [4.78, 5) is 15.9. The van der Waals surface area contributed by atoms with Gasteiger partial charge < -0.3 is 10.2 Å². The molecule has 0 saturated carbocycles. The number of hydrogen-bond acceptors (Lipinski definition) is 7. The fourth-order valence-electron chi connectivity index (χ4n) is 3.06. The van der Waals surface area contributed by atoms with Gasteiger partial charge in [-0.25, -0.2) is 5.43 Å². The lowest BCUT2D eigenvalue weighted by Crippen LogP contribution is -2.31. The molecule has 4 rings (SSSR count). The van der Waals surface area contributed by atoms with Crippen LogP contribution >= 0.6 is 0 Å². The van der Waals surface area contributed by atoms with Gasteiger partial charge >= 0.3 is 0 Å². The van der Waals surface area contributed by atoms with Gasteiger partial charge in [-0.05, 0) is 37.0 Å². The zero-order valence-electron chi connectivity index (χ0n) is 15.6. The SMILES string of the molecule is C(=NNc1nc(Nc2ccccc2)nc(N2CCCCC2)n1)c1ccccc1. The number of anilines is 4. The van der Waals surface area contributed by atoms with Crippen molar-refractivity contribution in [3.8, 4) is 0 Å². The molecule has 1 aliphatic rings. The zero-order valence-corrected chi connectivity index (χ0v) is 15.6. The van der Waals surface area contributed by atoms with Crippen molar-refractivity contribution < 1.29 is 0 Å². The first kappa shape index (κ1) is 17.9. The van der Waals surface area contributed by atoms with E-state index in [4.69, 9.17) is 0 Å². The van der Waals surface area contributed by atoms with Gasteiger partial charge in [0.15, 0.2) is 0 Å². The average Bonchev–Trinajstić information content (AvgIpc) is 2.76. The largest absolute Gasteiger partial charge is 0.341 e. The quantitative estimate of drug-likeness (QED) is 0.501. The molecule has 2 N–H and O–H groups in total. The van der Waals surface area contributed by atoms with Crippen molar-refractivity contribution in [2.24, 2.45) is 5.10 Å². The summed E-state index contributed by atoms with van der Waals surface area (Å²) in [6, 6.07) is 19.8. The molecular weight excluding hydrogens is 350 g/mol. The number of piperidine rings is 1. The number of para-hydroxylation sites is 1. The second kappa shape index (κ2) is 8.94.